The number of carboxylic acids is 1. The summed E-state index contributed by atoms with van der Waals surface area (Å²) < 4.78 is 84.8. The molecule has 7 nitrogen and oxygen atoms in total. The monoisotopic (exact) mass is 396 g/mol. The molecule has 0 radical (unpaired) electrons. The fourth-order valence-corrected chi connectivity index (χ4v) is 5.04. The van der Waals surface area contributed by atoms with Gasteiger partial charge in [-0.15, -0.1) is 0 Å². The average molecular weight is 397 g/mol. The molecule has 1 rings (SSSR count). The van der Waals surface area contributed by atoms with E-state index in [0.29, 0.717) is 6.26 Å². The van der Waals surface area contributed by atoms with Gasteiger partial charge >= 0.3 is 11.5 Å². The Morgan fingerprint density at radius 3 is 1.87 bits per heavy atom. The molecule has 0 fully saturated rings. The van der Waals surface area contributed by atoms with Crippen LogP contribution >= 0.6 is 11.6 Å². The summed E-state index contributed by atoms with van der Waals surface area (Å²) in [6.07, 6.45) is 0.341. The fourth-order valence-electron chi connectivity index (χ4n) is 1.73. The van der Waals surface area contributed by atoms with Gasteiger partial charge in [-0.05, 0) is 6.92 Å². The highest BCUT2D eigenvalue weighted by Gasteiger charge is 2.51. The Labute approximate surface area is 133 Å². The molecule has 2 N–H and O–H groups in total. The van der Waals surface area contributed by atoms with Gasteiger partial charge in [-0.2, -0.15) is 13.2 Å². The number of carboxylic acid groups (broad SMARTS) is 1. The molecule has 0 aromatic heterocycles. The van der Waals surface area contributed by atoms with Gasteiger partial charge in [0.15, 0.2) is 9.84 Å². The van der Waals surface area contributed by atoms with E-state index in [1.54, 1.807) is 0 Å². The third kappa shape index (κ3) is 3.10. The molecule has 0 unspecified atom stereocenters. The molecule has 0 aliphatic heterocycles. The third-order valence-electron chi connectivity index (χ3n) is 2.73. The summed E-state index contributed by atoms with van der Waals surface area (Å²) >= 11 is 5.45. The Bertz CT molecular complexity index is 902. The molecule has 0 amide bonds. The number of carbonyl (C=O) groups is 1. The molecule has 13 heteroatoms. The van der Waals surface area contributed by atoms with Gasteiger partial charge in [0.25, 0.3) is 9.84 Å². The zero-order valence-electron chi connectivity index (χ0n) is 11.3. The highest BCUT2D eigenvalue weighted by molar-refractivity contribution is 7.94. The molecule has 0 saturated heterocycles. The normalized spacial score (nSPS) is 13.1. The molecule has 0 saturated carbocycles. The van der Waals surface area contributed by atoms with Gasteiger partial charge in [-0.3, -0.25) is 0 Å². The summed E-state index contributed by atoms with van der Waals surface area (Å²) in [5.41, 5.74) is -7.81. The van der Waals surface area contributed by atoms with E-state index in [9.17, 15) is 39.9 Å². The van der Waals surface area contributed by atoms with Crippen molar-refractivity contribution in [1.29, 1.82) is 0 Å². The maximum Gasteiger partial charge on any atom is 0.502 e. The molecular weight excluding hydrogens is 389 g/mol. The topological polar surface area (TPSA) is 126 Å². The van der Waals surface area contributed by atoms with Crippen LogP contribution in [-0.2, 0) is 19.7 Å². The van der Waals surface area contributed by atoms with Crippen LogP contribution in [0.25, 0.3) is 0 Å². The maximum atomic E-state index is 12.8. The molecule has 0 spiro atoms. The molecule has 0 atom stereocenters. The minimum absolute atomic E-state index is 0.341. The van der Waals surface area contributed by atoms with Crippen LogP contribution in [0.1, 0.15) is 15.9 Å². The van der Waals surface area contributed by atoms with Crippen molar-refractivity contribution < 1.29 is 45.0 Å². The highest BCUT2D eigenvalue weighted by Crippen LogP contribution is 2.45. The summed E-state index contributed by atoms with van der Waals surface area (Å²) in [5.74, 6) is -3.38. The Balaban J connectivity index is 4.32. The maximum absolute atomic E-state index is 12.8. The van der Waals surface area contributed by atoms with E-state index in [2.05, 4.69) is 0 Å². The number of hydrogen-bond acceptors (Lipinski definition) is 6. The number of aromatic carboxylic acids is 1. The molecule has 0 heterocycles. The number of halogens is 4. The predicted octanol–water partition coefficient (Wildman–Crippen LogP) is 1.75. The highest BCUT2D eigenvalue weighted by atomic mass is 35.5. The first-order chi connectivity index (χ1) is 10.0. The van der Waals surface area contributed by atoms with Crippen molar-refractivity contribution in [1.82, 2.24) is 0 Å². The quantitative estimate of drug-likeness (QED) is 0.796. The van der Waals surface area contributed by atoms with E-state index < -0.39 is 62.8 Å². The van der Waals surface area contributed by atoms with E-state index in [1.807, 2.05) is 0 Å². The van der Waals surface area contributed by atoms with Crippen molar-refractivity contribution in [3.63, 3.8) is 0 Å². The lowest BCUT2D eigenvalue weighted by Gasteiger charge is -2.18. The minimum Gasteiger partial charge on any atom is -0.506 e. The van der Waals surface area contributed by atoms with Crippen molar-refractivity contribution >= 4 is 37.2 Å². The Morgan fingerprint density at radius 2 is 1.57 bits per heavy atom. The van der Waals surface area contributed by atoms with Crippen LogP contribution in [0.5, 0.6) is 5.75 Å². The lowest BCUT2D eigenvalue weighted by molar-refractivity contribution is -0.0437. The van der Waals surface area contributed by atoms with Crippen LogP contribution in [0, 0.1) is 6.92 Å². The van der Waals surface area contributed by atoms with Gasteiger partial charge in [0.2, 0.25) is 0 Å². The van der Waals surface area contributed by atoms with Crippen LogP contribution in [-0.4, -0.2) is 44.8 Å². The van der Waals surface area contributed by atoms with Gasteiger partial charge in [0.1, 0.15) is 15.5 Å². The van der Waals surface area contributed by atoms with E-state index in [0.717, 1.165) is 6.92 Å². The molecule has 1 aromatic carbocycles. The summed E-state index contributed by atoms with van der Waals surface area (Å²) in [7, 11) is -11.1. The zero-order valence-corrected chi connectivity index (χ0v) is 13.7. The standard InChI is InChI=1S/C10H8ClF3O7S2/c1-3-4(9(16)17)5(11)7(23(20,21)10(12,13)14)8(6(3)15)22(2,18)19/h15H,1-2H3,(H,16,17). The second-order valence-corrected chi connectivity index (χ2v) is 8.56. The molecule has 0 aliphatic carbocycles. The second kappa shape index (κ2) is 5.53. The molecule has 130 valence electrons. The SMILES string of the molecule is Cc1c(O)c(S(C)(=O)=O)c(S(=O)(=O)C(F)(F)F)c(Cl)c1C(=O)O. The number of benzene rings is 1. The first kappa shape index (κ1) is 19.5. The van der Waals surface area contributed by atoms with E-state index >= 15 is 0 Å². The fraction of sp³-hybridized carbons (Fsp3) is 0.300. The first-order valence-corrected chi connectivity index (χ1v) is 9.10. The lowest BCUT2D eigenvalue weighted by atomic mass is 10.1. The molecule has 23 heavy (non-hydrogen) atoms. The molecule has 0 aliphatic rings. The van der Waals surface area contributed by atoms with E-state index in [4.69, 9.17) is 16.7 Å². The van der Waals surface area contributed by atoms with Crippen molar-refractivity contribution in [3.05, 3.63) is 16.1 Å². The zero-order chi connectivity index (χ0) is 18.5. The summed E-state index contributed by atoms with van der Waals surface area (Å²) in [6, 6.07) is 0. The smallest absolute Gasteiger partial charge is 0.502 e. The van der Waals surface area contributed by atoms with Crippen molar-refractivity contribution in [3.8, 4) is 5.75 Å². The molecular formula is C10H8ClF3O7S2. The minimum atomic E-state index is -6.35. The summed E-state index contributed by atoms with van der Waals surface area (Å²) in [4.78, 5) is 7.44. The van der Waals surface area contributed by atoms with Gasteiger partial charge in [-0.25, -0.2) is 21.6 Å². The number of sulfone groups is 2. The number of phenolic OH excluding ortho intramolecular Hbond substituents is 1. The van der Waals surface area contributed by atoms with Crippen LogP contribution < -0.4 is 0 Å². The Hall–Kier alpha value is -1.53. The Kier molecular flexibility index (Phi) is 4.69. The Morgan fingerprint density at radius 1 is 1.13 bits per heavy atom. The number of alkyl halides is 3. The molecule has 1 aromatic rings. The number of aromatic hydroxyl groups is 1. The van der Waals surface area contributed by atoms with Crippen molar-refractivity contribution in [2.45, 2.75) is 22.2 Å². The predicted molar refractivity (Wildman–Crippen MR) is 71.2 cm³/mol. The van der Waals surface area contributed by atoms with Gasteiger partial charge in [0.05, 0.1) is 10.6 Å². The lowest BCUT2D eigenvalue weighted by Crippen LogP contribution is -2.26. The average Bonchev–Trinajstić information content (AvgIpc) is 2.29. The van der Waals surface area contributed by atoms with E-state index in [1.165, 1.54) is 0 Å². The molecule has 0 bridgehead atoms. The van der Waals surface area contributed by atoms with Crippen LogP contribution in [0.2, 0.25) is 5.02 Å². The van der Waals surface area contributed by atoms with Crippen molar-refractivity contribution in [2.75, 3.05) is 6.26 Å². The van der Waals surface area contributed by atoms with Gasteiger partial charge in [0, 0.05) is 11.8 Å². The summed E-state index contributed by atoms with van der Waals surface area (Å²) in [5, 5.41) is 17.2. The second-order valence-electron chi connectivity index (χ2n) is 4.35. The van der Waals surface area contributed by atoms with Crippen LogP contribution in [0.15, 0.2) is 9.79 Å². The van der Waals surface area contributed by atoms with Crippen LogP contribution in [0.3, 0.4) is 0 Å². The van der Waals surface area contributed by atoms with Crippen LogP contribution in [0.4, 0.5) is 13.2 Å². The van der Waals surface area contributed by atoms with Gasteiger partial charge < -0.3 is 10.2 Å². The van der Waals surface area contributed by atoms with E-state index in [-0.39, 0.29) is 0 Å². The third-order valence-corrected chi connectivity index (χ3v) is 6.04. The first-order valence-electron chi connectivity index (χ1n) is 5.34. The summed E-state index contributed by atoms with van der Waals surface area (Å²) in [6.45, 7) is 0.864. The number of rotatable bonds is 3. The number of phenols is 1. The van der Waals surface area contributed by atoms with Crippen molar-refractivity contribution in [2.24, 2.45) is 0 Å². The van der Waals surface area contributed by atoms with Gasteiger partial charge in [-0.1, -0.05) is 11.6 Å². The largest absolute Gasteiger partial charge is 0.506 e. The number of hydrogen-bond donors (Lipinski definition) is 2.